The van der Waals surface area contributed by atoms with Crippen LogP contribution in [0.1, 0.15) is 39.2 Å². The van der Waals surface area contributed by atoms with Crippen LogP contribution in [0, 0.1) is 5.92 Å². The number of carbonyl (C=O) groups excluding carboxylic acids is 1. The Hall–Kier alpha value is -2.30. The number of hydrogen-bond donors (Lipinski definition) is 2. The maximum absolute atomic E-state index is 12.2. The summed E-state index contributed by atoms with van der Waals surface area (Å²) in [7, 11) is 1.79. The van der Waals surface area contributed by atoms with E-state index >= 15 is 0 Å². The second kappa shape index (κ2) is 12.8. The zero-order chi connectivity index (χ0) is 23.0. The lowest BCUT2D eigenvalue weighted by molar-refractivity contribution is 0.0185. The van der Waals surface area contributed by atoms with Gasteiger partial charge in [-0.15, -0.1) is 24.0 Å². The largest absolute Gasteiger partial charge is 0.444 e. The molecular weight excluding hydrogens is 531 g/mol. The zero-order valence-electron chi connectivity index (χ0n) is 20.1. The fraction of sp³-hybridized carbons (Fsp3) is 0.542. The van der Waals surface area contributed by atoms with Crippen molar-refractivity contribution in [1.29, 1.82) is 0 Å². The van der Waals surface area contributed by atoms with Gasteiger partial charge in [0.2, 0.25) is 0 Å². The average Bonchev–Trinajstić information content (AvgIpc) is 3.31. The number of guanidine groups is 1. The predicted molar refractivity (Wildman–Crippen MR) is 143 cm³/mol. The molecular formula is C24H37IN6O2. The van der Waals surface area contributed by atoms with Crippen LogP contribution in [0.4, 0.5) is 4.79 Å². The average molecular weight is 569 g/mol. The third-order valence-corrected chi connectivity index (χ3v) is 5.46. The minimum absolute atomic E-state index is 0. The normalized spacial score (nSPS) is 15.0. The maximum atomic E-state index is 12.2. The highest BCUT2D eigenvalue weighted by molar-refractivity contribution is 14.0. The van der Waals surface area contributed by atoms with Crippen molar-refractivity contribution < 1.29 is 9.53 Å². The topological polar surface area (TPSA) is 83.8 Å². The molecule has 2 N–H and O–H groups in total. The van der Waals surface area contributed by atoms with E-state index in [0.29, 0.717) is 5.92 Å². The van der Waals surface area contributed by atoms with Gasteiger partial charge in [-0.1, -0.05) is 12.1 Å². The first-order valence-corrected chi connectivity index (χ1v) is 11.4. The van der Waals surface area contributed by atoms with E-state index in [2.05, 4.69) is 45.0 Å². The van der Waals surface area contributed by atoms with Crippen molar-refractivity contribution in [2.24, 2.45) is 10.9 Å². The standard InChI is InChI=1S/C24H36N6O2.HI/c1-24(2,3)32-23(31)29-16-11-20(12-17-29)18-27-22(25-4)26-14-10-19-6-8-21(9-7-19)30-15-5-13-28-30;/h5-9,13,15,20H,10-12,14,16-18H2,1-4H3,(H2,25,26,27);1H. The predicted octanol–water partition coefficient (Wildman–Crippen LogP) is 3.84. The van der Waals surface area contributed by atoms with Crippen LogP contribution in [0.3, 0.4) is 0 Å². The van der Waals surface area contributed by atoms with Gasteiger partial charge in [0.05, 0.1) is 5.69 Å². The van der Waals surface area contributed by atoms with E-state index in [0.717, 1.165) is 57.1 Å². The monoisotopic (exact) mass is 568 g/mol. The van der Waals surface area contributed by atoms with Crippen LogP contribution >= 0.6 is 24.0 Å². The van der Waals surface area contributed by atoms with E-state index in [1.165, 1.54) is 5.56 Å². The number of ether oxygens (including phenoxy) is 1. The molecule has 0 unspecified atom stereocenters. The summed E-state index contributed by atoms with van der Waals surface area (Å²) in [6, 6.07) is 10.3. The fourth-order valence-corrected chi connectivity index (χ4v) is 3.67. The molecule has 2 aromatic rings. The molecule has 1 fully saturated rings. The van der Waals surface area contributed by atoms with Gasteiger partial charge in [-0.3, -0.25) is 4.99 Å². The number of halogens is 1. The Kier molecular flexibility index (Phi) is 10.5. The van der Waals surface area contributed by atoms with Gasteiger partial charge in [0.15, 0.2) is 5.96 Å². The number of hydrogen-bond acceptors (Lipinski definition) is 4. The first-order chi connectivity index (χ1) is 15.3. The number of rotatable bonds is 6. The third kappa shape index (κ3) is 8.87. The molecule has 1 aliphatic heterocycles. The summed E-state index contributed by atoms with van der Waals surface area (Å²) >= 11 is 0. The molecule has 8 nitrogen and oxygen atoms in total. The number of aliphatic imine (C=N–C) groups is 1. The smallest absolute Gasteiger partial charge is 0.410 e. The summed E-state index contributed by atoms with van der Waals surface area (Å²) in [5.74, 6) is 1.33. The van der Waals surface area contributed by atoms with Crippen molar-refractivity contribution in [2.45, 2.75) is 45.6 Å². The minimum Gasteiger partial charge on any atom is -0.444 e. The summed E-state index contributed by atoms with van der Waals surface area (Å²) < 4.78 is 7.32. The van der Waals surface area contributed by atoms with E-state index in [9.17, 15) is 4.79 Å². The number of carbonyl (C=O) groups is 1. The minimum atomic E-state index is -0.449. The molecule has 1 saturated heterocycles. The molecule has 9 heteroatoms. The SMILES string of the molecule is CN=C(NCCc1ccc(-n2cccn2)cc1)NCC1CCN(C(=O)OC(C)(C)C)CC1.I. The highest BCUT2D eigenvalue weighted by Crippen LogP contribution is 2.19. The Morgan fingerprint density at radius 3 is 2.45 bits per heavy atom. The van der Waals surface area contributed by atoms with Crippen LogP contribution in [-0.2, 0) is 11.2 Å². The second-order valence-corrected chi connectivity index (χ2v) is 9.16. The van der Waals surface area contributed by atoms with Gasteiger partial charge in [0.25, 0.3) is 0 Å². The van der Waals surface area contributed by atoms with Crippen molar-refractivity contribution in [3.63, 3.8) is 0 Å². The van der Waals surface area contributed by atoms with Crippen LogP contribution in [0.5, 0.6) is 0 Å². The van der Waals surface area contributed by atoms with E-state index < -0.39 is 5.60 Å². The molecule has 33 heavy (non-hydrogen) atoms. The Balaban J connectivity index is 0.00000385. The van der Waals surface area contributed by atoms with Gasteiger partial charge in [0.1, 0.15) is 5.60 Å². The number of amides is 1. The quantitative estimate of drug-likeness (QED) is 0.315. The van der Waals surface area contributed by atoms with Crippen molar-refractivity contribution in [1.82, 2.24) is 25.3 Å². The van der Waals surface area contributed by atoms with Crippen LogP contribution in [0.2, 0.25) is 0 Å². The third-order valence-electron chi connectivity index (χ3n) is 5.46. The van der Waals surface area contributed by atoms with Gasteiger partial charge in [-0.05, 0) is 69.7 Å². The van der Waals surface area contributed by atoms with Crippen LogP contribution in [-0.4, -0.2) is 65.6 Å². The van der Waals surface area contributed by atoms with E-state index in [4.69, 9.17) is 4.74 Å². The van der Waals surface area contributed by atoms with Crippen LogP contribution in [0.15, 0.2) is 47.7 Å². The molecule has 182 valence electrons. The van der Waals surface area contributed by atoms with Crippen LogP contribution in [0.25, 0.3) is 5.69 Å². The number of nitrogens with one attached hydrogen (secondary N) is 2. The summed E-state index contributed by atoms with van der Waals surface area (Å²) in [6.07, 6.45) is 6.35. The summed E-state index contributed by atoms with van der Waals surface area (Å²) in [5, 5.41) is 11.1. The molecule has 1 amide bonds. The first kappa shape index (κ1) is 26.9. The fourth-order valence-electron chi connectivity index (χ4n) is 3.67. The number of nitrogens with zero attached hydrogens (tertiary/aromatic N) is 4. The number of likely N-dealkylation sites (tertiary alicyclic amines) is 1. The van der Waals surface area contributed by atoms with E-state index in [-0.39, 0.29) is 30.1 Å². The molecule has 3 rings (SSSR count). The number of piperidine rings is 1. The summed E-state index contributed by atoms with van der Waals surface area (Å²) in [5.41, 5.74) is 1.87. The van der Waals surface area contributed by atoms with Crippen LogP contribution < -0.4 is 10.6 Å². The molecule has 0 spiro atoms. The lowest BCUT2D eigenvalue weighted by Gasteiger charge is -2.33. The van der Waals surface area contributed by atoms with Crippen molar-refractivity contribution in [2.75, 3.05) is 33.2 Å². The van der Waals surface area contributed by atoms with Gasteiger partial charge in [-0.25, -0.2) is 9.48 Å². The van der Waals surface area contributed by atoms with E-state index in [1.54, 1.807) is 13.2 Å². The molecule has 0 saturated carbocycles. The molecule has 1 aromatic carbocycles. The van der Waals surface area contributed by atoms with Gasteiger partial charge in [-0.2, -0.15) is 5.10 Å². The number of benzene rings is 1. The molecule has 0 atom stereocenters. The molecule has 2 heterocycles. The Morgan fingerprint density at radius 1 is 1.18 bits per heavy atom. The van der Waals surface area contributed by atoms with Gasteiger partial charge < -0.3 is 20.3 Å². The second-order valence-electron chi connectivity index (χ2n) is 9.16. The van der Waals surface area contributed by atoms with E-state index in [1.807, 2.05) is 42.6 Å². The Labute approximate surface area is 214 Å². The molecule has 0 bridgehead atoms. The molecule has 0 aliphatic carbocycles. The molecule has 0 radical (unpaired) electrons. The van der Waals surface area contributed by atoms with Gasteiger partial charge in [0, 0.05) is 45.6 Å². The zero-order valence-corrected chi connectivity index (χ0v) is 22.4. The Bertz CT molecular complexity index is 869. The molecule has 1 aliphatic rings. The number of aromatic nitrogens is 2. The lowest BCUT2D eigenvalue weighted by atomic mass is 9.97. The lowest BCUT2D eigenvalue weighted by Crippen LogP contribution is -2.45. The van der Waals surface area contributed by atoms with Crippen molar-refractivity contribution in [3.8, 4) is 5.69 Å². The summed E-state index contributed by atoms with van der Waals surface area (Å²) in [4.78, 5) is 18.3. The van der Waals surface area contributed by atoms with Crippen molar-refractivity contribution >= 4 is 36.0 Å². The highest BCUT2D eigenvalue weighted by atomic mass is 127. The summed E-state index contributed by atoms with van der Waals surface area (Å²) in [6.45, 7) is 8.82. The van der Waals surface area contributed by atoms with Gasteiger partial charge >= 0.3 is 6.09 Å². The Morgan fingerprint density at radius 2 is 1.88 bits per heavy atom. The highest BCUT2D eigenvalue weighted by Gasteiger charge is 2.26. The first-order valence-electron chi connectivity index (χ1n) is 11.4. The molecule has 1 aromatic heterocycles. The van der Waals surface area contributed by atoms with Crippen molar-refractivity contribution in [3.05, 3.63) is 48.3 Å². The maximum Gasteiger partial charge on any atom is 0.410 e.